The van der Waals surface area contributed by atoms with Gasteiger partial charge in [0.2, 0.25) is 0 Å². The molecule has 0 fully saturated rings. The van der Waals surface area contributed by atoms with Crippen LogP contribution in [0.2, 0.25) is 25.7 Å². The Morgan fingerprint density at radius 2 is 1.93 bits per heavy atom. The predicted octanol–water partition coefficient (Wildman–Crippen LogP) is 4.35. The number of aliphatic hydroxyl groups is 1. The summed E-state index contributed by atoms with van der Waals surface area (Å²) in [5.74, 6) is -0.540. The molecule has 1 N–H and O–H groups in total. The van der Waals surface area contributed by atoms with E-state index in [1.54, 1.807) is 6.92 Å². The van der Waals surface area contributed by atoms with E-state index in [4.69, 9.17) is 14.2 Å². The van der Waals surface area contributed by atoms with Crippen molar-refractivity contribution in [3.63, 3.8) is 0 Å². The summed E-state index contributed by atoms with van der Waals surface area (Å²) in [5, 5.41) is 11.7. The summed E-state index contributed by atoms with van der Waals surface area (Å²) in [6.07, 6.45) is 0.620. The van der Waals surface area contributed by atoms with Crippen LogP contribution in [-0.4, -0.2) is 49.6 Å². The summed E-state index contributed by atoms with van der Waals surface area (Å²) in [6.45, 7) is 12.6. The van der Waals surface area contributed by atoms with E-state index in [-0.39, 0.29) is 6.61 Å². The Labute approximate surface area is 174 Å². The average Bonchev–Trinajstić information content (AvgIpc) is 3.07. The van der Waals surface area contributed by atoms with Gasteiger partial charge in [-0.3, -0.25) is 0 Å². The van der Waals surface area contributed by atoms with Crippen molar-refractivity contribution in [1.29, 1.82) is 0 Å². The third kappa shape index (κ3) is 6.96. The quantitative estimate of drug-likeness (QED) is 0.313. The number of nitrogens with zero attached hydrogens (tertiary/aromatic N) is 1. The van der Waals surface area contributed by atoms with Crippen molar-refractivity contribution in [3.8, 4) is 0 Å². The fourth-order valence-corrected chi connectivity index (χ4v) is 3.75. The number of aliphatic hydroxyl groups excluding tert-OH is 1. The molecule has 6 nitrogen and oxygen atoms in total. The number of ether oxygens (including phenoxy) is 3. The van der Waals surface area contributed by atoms with Crippen LogP contribution in [0, 0.1) is 0 Å². The number of carbonyl (C=O) groups is 1. The van der Waals surface area contributed by atoms with Gasteiger partial charge in [-0.2, -0.15) is 0 Å². The number of rotatable bonds is 12. The molecule has 29 heavy (non-hydrogen) atoms. The topological polar surface area (TPSA) is 69.9 Å². The smallest absolute Gasteiger partial charge is 0.338 e. The van der Waals surface area contributed by atoms with Gasteiger partial charge in [0.05, 0.1) is 6.61 Å². The van der Waals surface area contributed by atoms with Crippen LogP contribution in [0.25, 0.3) is 10.9 Å². The molecular weight excluding hydrogens is 386 g/mol. The molecule has 0 saturated carbocycles. The van der Waals surface area contributed by atoms with Crippen LogP contribution in [0.5, 0.6) is 0 Å². The third-order valence-electron chi connectivity index (χ3n) is 4.67. The lowest BCUT2D eigenvalue weighted by atomic mass is 10.0. The molecule has 0 saturated heterocycles. The van der Waals surface area contributed by atoms with Crippen molar-refractivity contribution >= 4 is 24.9 Å². The minimum absolute atomic E-state index is 0.247. The van der Waals surface area contributed by atoms with Crippen LogP contribution in [0.1, 0.15) is 31.9 Å². The molecule has 0 aliphatic carbocycles. The maximum absolute atomic E-state index is 12.2. The summed E-state index contributed by atoms with van der Waals surface area (Å²) < 4.78 is 18.6. The molecule has 162 valence electrons. The molecule has 2 atom stereocenters. The van der Waals surface area contributed by atoms with Crippen LogP contribution in [-0.2, 0) is 25.7 Å². The second-order valence-corrected chi connectivity index (χ2v) is 14.1. The summed E-state index contributed by atoms with van der Waals surface area (Å²) in [5.41, 5.74) is 1.65. The van der Waals surface area contributed by atoms with E-state index >= 15 is 0 Å². The van der Waals surface area contributed by atoms with Gasteiger partial charge in [-0.25, -0.2) is 4.79 Å². The van der Waals surface area contributed by atoms with Gasteiger partial charge in [-0.15, -0.1) is 0 Å². The standard InChI is InChI=1S/C22H35NO5Si/c1-6-12-28-21(22(25)27-7-2)20(24)18-8-9-19-17(15-18)10-11-23(19)16-26-13-14-29(3,4)5/h8-11,15,20-21,24H,6-7,12-14,16H2,1-5H3. The molecule has 0 bridgehead atoms. The number of carbonyl (C=O) groups excluding carboxylic acids is 1. The van der Waals surface area contributed by atoms with E-state index in [1.165, 1.54) is 0 Å². The van der Waals surface area contributed by atoms with E-state index in [0.717, 1.165) is 30.0 Å². The van der Waals surface area contributed by atoms with Crippen LogP contribution >= 0.6 is 0 Å². The van der Waals surface area contributed by atoms with Crippen molar-refractivity contribution in [2.75, 3.05) is 19.8 Å². The summed E-state index contributed by atoms with van der Waals surface area (Å²) >= 11 is 0. The van der Waals surface area contributed by atoms with Gasteiger partial charge in [0.25, 0.3) is 0 Å². The zero-order chi connectivity index (χ0) is 21.4. The van der Waals surface area contributed by atoms with Crippen molar-refractivity contribution in [2.24, 2.45) is 0 Å². The lowest BCUT2D eigenvalue weighted by molar-refractivity contribution is -0.165. The second kappa shape index (κ2) is 10.9. The molecule has 1 aromatic carbocycles. The first kappa shape index (κ1) is 23.6. The number of fused-ring (bicyclic) bond motifs is 1. The van der Waals surface area contributed by atoms with Gasteiger partial charge in [0, 0.05) is 38.4 Å². The van der Waals surface area contributed by atoms with E-state index in [2.05, 4.69) is 19.6 Å². The number of hydrogen-bond donors (Lipinski definition) is 1. The average molecular weight is 422 g/mol. The Kier molecular flexibility index (Phi) is 8.89. The number of hydrogen-bond acceptors (Lipinski definition) is 5. The summed E-state index contributed by atoms with van der Waals surface area (Å²) in [4.78, 5) is 12.2. The summed E-state index contributed by atoms with van der Waals surface area (Å²) in [6, 6.07) is 8.78. The van der Waals surface area contributed by atoms with Crippen LogP contribution in [0.4, 0.5) is 0 Å². The molecular formula is C22H35NO5Si. The molecule has 0 amide bonds. The maximum Gasteiger partial charge on any atom is 0.338 e. The molecule has 7 heteroatoms. The Morgan fingerprint density at radius 1 is 1.17 bits per heavy atom. The van der Waals surface area contributed by atoms with Crippen LogP contribution in [0.3, 0.4) is 0 Å². The molecule has 2 rings (SSSR count). The molecule has 0 aliphatic heterocycles. The lowest BCUT2D eigenvalue weighted by Crippen LogP contribution is -2.33. The van der Waals surface area contributed by atoms with Gasteiger partial charge in [-0.05, 0) is 43.2 Å². The summed E-state index contributed by atoms with van der Waals surface area (Å²) in [7, 11) is -1.10. The Hall–Kier alpha value is -1.67. The fraction of sp³-hybridized carbons (Fsp3) is 0.591. The van der Waals surface area contributed by atoms with Gasteiger partial charge in [0.1, 0.15) is 12.8 Å². The van der Waals surface area contributed by atoms with E-state index in [1.807, 2.05) is 42.0 Å². The molecule has 1 heterocycles. The molecule has 2 aromatic rings. The first-order valence-corrected chi connectivity index (χ1v) is 14.1. The van der Waals surface area contributed by atoms with Crippen molar-refractivity contribution in [1.82, 2.24) is 4.57 Å². The van der Waals surface area contributed by atoms with E-state index in [9.17, 15) is 9.90 Å². The van der Waals surface area contributed by atoms with Crippen LogP contribution < -0.4 is 0 Å². The monoisotopic (exact) mass is 421 g/mol. The molecule has 0 spiro atoms. The van der Waals surface area contributed by atoms with Crippen molar-refractivity contribution < 1.29 is 24.1 Å². The van der Waals surface area contributed by atoms with Gasteiger partial charge in [0.15, 0.2) is 6.10 Å². The molecule has 2 unspecified atom stereocenters. The highest BCUT2D eigenvalue weighted by Gasteiger charge is 2.30. The molecule has 1 aromatic heterocycles. The van der Waals surface area contributed by atoms with Crippen molar-refractivity contribution in [2.45, 2.75) is 64.9 Å². The van der Waals surface area contributed by atoms with Crippen molar-refractivity contribution in [3.05, 3.63) is 36.0 Å². The highest BCUT2D eigenvalue weighted by Crippen LogP contribution is 2.26. The maximum atomic E-state index is 12.2. The minimum Gasteiger partial charge on any atom is -0.464 e. The molecule has 0 aliphatic rings. The Bertz CT molecular complexity index is 783. The van der Waals surface area contributed by atoms with E-state index < -0.39 is 26.3 Å². The zero-order valence-electron chi connectivity index (χ0n) is 18.3. The fourth-order valence-electron chi connectivity index (χ4n) is 2.99. The number of esters is 1. The number of benzene rings is 1. The highest BCUT2D eigenvalue weighted by molar-refractivity contribution is 6.76. The lowest BCUT2D eigenvalue weighted by Gasteiger charge is -2.22. The normalized spacial score (nSPS) is 14.1. The van der Waals surface area contributed by atoms with Crippen LogP contribution in [0.15, 0.2) is 30.5 Å². The van der Waals surface area contributed by atoms with E-state index in [0.29, 0.717) is 18.9 Å². The third-order valence-corrected chi connectivity index (χ3v) is 6.37. The van der Waals surface area contributed by atoms with Gasteiger partial charge < -0.3 is 23.9 Å². The SMILES string of the molecule is CCCOC(C(=O)OCC)C(O)c1ccc2c(ccn2COCC[Si](C)(C)C)c1. The minimum atomic E-state index is -1.10. The first-order chi connectivity index (χ1) is 13.8. The first-order valence-electron chi connectivity index (χ1n) is 10.4. The van der Waals surface area contributed by atoms with Gasteiger partial charge >= 0.3 is 5.97 Å². The number of aromatic nitrogens is 1. The second-order valence-electron chi connectivity index (χ2n) is 8.44. The predicted molar refractivity (Wildman–Crippen MR) is 118 cm³/mol. The Morgan fingerprint density at radius 3 is 2.59 bits per heavy atom. The van der Waals surface area contributed by atoms with Gasteiger partial charge in [-0.1, -0.05) is 32.6 Å². The Balaban J connectivity index is 2.10. The highest BCUT2D eigenvalue weighted by atomic mass is 28.3. The zero-order valence-corrected chi connectivity index (χ0v) is 19.3. The molecule has 0 radical (unpaired) electrons. The largest absolute Gasteiger partial charge is 0.464 e.